The third-order valence-electron chi connectivity index (χ3n) is 3.98. The van der Waals surface area contributed by atoms with Crippen LogP contribution in [0.25, 0.3) is 0 Å². The predicted octanol–water partition coefficient (Wildman–Crippen LogP) is 0.476. The van der Waals surface area contributed by atoms with Gasteiger partial charge in [-0.05, 0) is 48.9 Å². The van der Waals surface area contributed by atoms with Gasteiger partial charge in [0.2, 0.25) is 10.0 Å². The molecule has 0 unspecified atom stereocenters. The maximum Gasteiger partial charge on any atom is 0.282 e. The van der Waals surface area contributed by atoms with Crippen LogP contribution in [0.3, 0.4) is 0 Å². The number of anilines is 1. The van der Waals surface area contributed by atoms with E-state index in [0.29, 0.717) is 5.69 Å². The molecule has 0 saturated carbocycles. The Morgan fingerprint density at radius 3 is 2.31 bits per heavy atom. The minimum absolute atomic E-state index is 0.00889. The van der Waals surface area contributed by atoms with E-state index in [1.807, 2.05) is 36.5 Å². The topological polar surface area (TPSA) is 115 Å². The number of hydrogen-bond acceptors (Lipinski definition) is 4. The Morgan fingerprint density at radius 1 is 1.15 bits per heavy atom. The second-order valence-electron chi connectivity index (χ2n) is 5.97. The summed E-state index contributed by atoms with van der Waals surface area (Å²) in [5, 5.41) is 9.77. The highest BCUT2D eigenvalue weighted by Crippen LogP contribution is 2.13. The summed E-state index contributed by atoms with van der Waals surface area (Å²) in [5.74, 6) is 0.669. The van der Waals surface area contributed by atoms with Crippen LogP contribution in [0.4, 0.5) is 5.69 Å². The number of hydrogen-bond donors (Lipinski definition) is 3. The van der Waals surface area contributed by atoms with Gasteiger partial charge in [0.25, 0.3) is 5.91 Å². The highest BCUT2D eigenvalue weighted by atomic mass is 32.2. The van der Waals surface area contributed by atoms with E-state index < -0.39 is 10.0 Å². The molecule has 0 aliphatic heterocycles. The highest BCUT2D eigenvalue weighted by molar-refractivity contribution is 7.89. The summed E-state index contributed by atoms with van der Waals surface area (Å²) in [6.45, 7) is 2.59. The normalized spacial score (nSPS) is 12.4. The van der Waals surface area contributed by atoms with Crippen LogP contribution < -0.4 is 20.5 Å². The third kappa shape index (κ3) is 5.83. The molecule has 140 valence electrons. The molecule has 1 atom stereocenters. The Balaban J connectivity index is 1.81. The maximum absolute atomic E-state index is 12.2. The van der Waals surface area contributed by atoms with E-state index in [1.165, 1.54) is 29.8 Å². The number of methoxy groups -OCH3 is 1. The van der Waals surface area contributed by atoms with Crippen molar-refractivity contribution in [3.63, 3.8) is 0 Å². The molecule has 26 heavy (non-hydrogen) atoms. The van der Waals surface area contributed by atoms with Crippen molar-refractivity contribution >= 4 is 21.6 Å². The number of quaternary nitrogens is 1. The van der Waals surface area contributed by atoms with Crippen LogP contribution in [0.15, 0.2) is 53.4 Å². The molecule has 5 N–H and O–H groups in total. The summed E-state index contributed by atoms with van der Waals surface area (Å²) < 4.78 is 27.6. The van der Waals surface area contributed by atoms with Gasteiger partial charge < -0.3 is 15.4 Å². The second kappa shape index (κ2) is 8.79. The zero-order valence-corrected chi connectivity index (χ0v) is 15.6. The van der Waals surface area contributed by atoms with Crippen molar-refractivity contribution in [2.45, 2.75) is 24.3 Å². The van der Waals surface area contributed by atoms with Gasteiger partial charge in [0, 0.05) is 12.1 Å². The maximum atomic E-state index is 12.2. The molecule has 0 fully saturated rings. The van der Waals surface area contributed by atoms with Gasteiger partial charge in [-0.25, -0.2) is 13.6 Å². The number of rotatable bonds is 8. The molecule has 8 heteroatoms. The van der Waals surface area contributed by atoms with E-state index in [9.17, 15) is 13.2 Å². The van der Waals surface area contributed by atoms with E-state index in [-0.39, 0.29) is 16.8 Å². The summed E-state index contributed by atoms with van der Waals surface area (Å²) in [6, 6.07) is 13.3. The first kappa shape index (κ1) is 19.9. The number of amides is 1. The molecule has 0 radical (unpaired) electrons. The number of primary sulfonamides is 1. The molecule has 0 aromatic heterocycles. The molecular weight excluding hydrogens is 354 g/mol. The second-order valence-corrected chi connectivity index (χ2v) is 7.53. The number of carbonyl (C=O) groups is 1. The molecule has 0 saturated heterocycles. The Kier molecular flexibility index (Phi) is 6.73. The van der Waals surface area contributed by atoms with Crippen molar-refractivity contribution in [2.75, 3.05) is 19.0 Å². The first-order chi connectivity index (χ1) is 12.3. The zero-order chi connectivity index (χ0) is 19.2. The Morgan fingerprint density at radius 2 is 1.77 bits per heavy atom. The molecule has 2 rings (SSSR count). The van der Waals surface area contributed by atoms with Crippen molar-refractivity contribution in [3.8, 4) is 5.75 Å². The lowest BCUT2D eigenvalue weighted by molar-refractivity contribution is -0.672. The SMILES string of the molecule is COc1ccc(CC[NH2+][C@@H](C)C(=O)Nc2ccc(S(N)(=O)=O)cc2)cc1. The van der Waals surface area contributed by atoms with Crippen LogP contribution in [-0.4, -0.2) is 34.0 Å². The summed E-state index contributed by atoms with van der Waals surface area (Å²) in [5.41, 5.74) is 1.70. The van der Waals surface area contributed by atoms with Gasteiger partial charge in [-0.3, -0.25) is 4.79 Å². The third-order valence-corrected chi connectivity index (χ3v) is 4.91. The van der Waals surface area contributed by atoms with Crippen LogP contribution in [0.5, 0.6) is 5.75 Å². The van der Waals surface area contributed by atoms with Gasteiger partial charge in [-0.15, -0.1) is 0 Å². The Hall–Kier alpha value is -2.42. The highest BCUT2D eigenvalue weighted by Gasteiger charge is 2.16. The standard InChI is InChI=1S/C18H23N3O4S/c1-13(20-12-11-14-3-7-16(25-2)8-4-14)18(22)21-15-5-9-17(10-6-15)26(19,23)24/h3-10,13,20H,11-12H2,1-2H3,(H,21,22)(H2,19,23,24)/p+1/t13-/m0/s1. The fourth-order valence-corrected chi connectivity index (χ4v) is 2.90. The van der Waals surface area contributed by atoms with E-state index in [2.05, 4.69) is 5.32 Å². The smallest absolute Gasteiger partial charge is 0.282 e. The molecular formula is C18H24N3O4S+. The van der Waals surface area contributed by atoms with Gasteiger partial charge in [0.15, 0.2) is 6.04 Å². The monoisotopic (exact) mass is 378 g/mol. The number of carbonyl (C=O) groups excluding carboxylic acids is 1. The molecule has 0 heterocycles. The van der Waals surface area contributed by atoms with Crippen LogP contribution in [0.1, 0.15) is 12.5 Å². The van der Waals surface area contributed by atoms with Crippen molar-refractivity contribution in [1.29, 1.82) is 0 Å². The van der Waals surface area contributed by atoms with Crippen LogP contribution in [0, 0.1) is 0 Å². The summed E-state index contributed by atoms with van der Waals surface area (Å²) >= 11 is 0. The van der Waals surface area contributed by atoms with Crippen molar-refractivity contribution in [3.05, 3.63) is 54.1 Å². The van der Waals surface area contributed by atoms with Crippen molar-refractivity contribution < 1.29 is 23.3 Å². The van der Waals surface area contributed by atoms with Gasteiger partial charge in [-0.2, -0.15) is 0 Å². The van der Waals surface area contributed by atoms with E-state index in [1.54, 1.807) is 7.11 Å². The quantitative estimate of drug-likeness (QED) is 0.619. The summed E-state index contributed by atoms with van der Waals surface area (Å²) in [4.78, 5) is 12.2. The fraction of sp³-hybridized carbons (Fsp3) is 0.278. The Labute approximate surface area is 153 Å². The Bertz CT molecular complexity index is 834. The van der Waals surface area contributed by atoms with Gasteiger partial charge in [-0.1, -0.05) is 12.1 Å². The molecule has 0 spiro atoms. The largest absolute Gasteiger partial charge is 0.497 e. The molecule has 0 bridgehead atoms. The van der Waals surface area contributed by atoms with Crippen LogP contribution >= 0.6 is 0 Å². The molecule has 0 aliphatic carbocycles. The summed E-state index contributed by atoms with van der Waals surface area (Å²) in [7, 11) is -2.10. The lowest BCUT2D eigenvalue weighted by Gasteiger charge is -2.12. The fourth-order valence-electron chi connectivity index (χ4n) is 2.38. The first-order valence-electron chi connectivity index (χ1n) is 8.19. The molecule has 2 aromatic rings. The minimum Gasteiger partial charge on any atom is -0.497 e. The van der Waals surface area contributed by atoms with Gasteiger partial charge in [0.05, 0.1) is 18.6 Å². The molecule has 7 nitrogen and oxygen atoms in total. The molecule has 1 amide bonds. The van der Waals surface area contributed by atoms with Crippen LogP contribution in [0.2, 0.25) is 0 Å². The number of benzene rings is 2. The number of nitrogens with two attached hydrogens (primary N) is 2. The van der Waals surface area contributed by atoms with E-state index in [4.69, 9.17) is 9.88 Å². The average Bonchev–Trinajstić information content (AvgIpc) is 2.62. The van der Waals surface area contributed by atoms with E-state index >= 15 is 0 Å². The number of nitrogens with one attached hydrogen (secondary N) is 1. The lowest BCUT2D eigenvalue weighted by Crippen LogP contribution is -2.92. The van der Waals surface area contributed by atoms with Gasteiger partial charge in [0.1, 0.15) is 5.75 Å². The van der Waals surface area contributed by atoms with E-state index in [0.717, 1.165) is 18.7 Å². The summed E-state index contributed by atoms with van der Waals surface area (Å²) in [6.07, 6.45) is 0.838. The van der Waals surface area contributed by atoms with Crippen molar-refractivity contribution in [2.24, 2.45) is 5.14 Å². The molecule has 2 aromatic carbocycles. The number of ether oxygens (including phenoxy) is 1. The van der Waals surface area contributed by atoms with Gasteiger partial charge >= 0.3 is 0 Å². The lowest BCUT2D eigenvalue weighted by atomic mass is 10.1. The number of sulfonamides is 1. The van der Waals surface area contributed by atoms with Crippen molar-refractivity contribution in [1.82, 2.24) is 0 Å². The zero-order valence-electron chi connectivity index (χ0n) is 14.8. The average molecular weight is 378 g/mol. The van der Waals surface area contributed by atoms with Crippen LogP contribution in [-0.2, 0) is 21.2 Å². The molecule has 0 aliphatic rings. The minimum atomic E-state index is -3.73. The predicted molar refractivity (Wildman–Crippen MR) is 99.4 cm³/mol. The first-order valence-corrected chi connectivity index (χ1v) is 9.74.